The molecular formula is C9H16N2O2S2. The molecule has 0 radical (unpaired) electrons. The zero-order valence-corrected chi connectivity index (χ0v) is 10.6. The van der Waals surface area contributed by atoms with Gasteiger partial charge in [0.15, 0.2) is 14.9 Å². The second-order valence-corrected chi connectivity index (χ2v) is 5.70. The predicted octanol–water partition coefficient (Wildman–Crippen LogP) is 0.513. The van der Waals surface area contributed by atoms with Gasteiger partial charge in [-0.05, 0) is 32.1 Å². The van der Waals surface area contributed by atoms with Gasteiger partial charge in [0.05, 0.1) is 11.8 Å². The Labute approximate surface area is 96.3 Å². The van der Waals surface area contributed by atoms with Gasteiger partial charge in [-0.15, -0.1) is 0 Å². The van der Waals surface area contributed by atoms with Crippen molar-refractivity contribution in [3.63, 3.8) is 0 Å². The Morgan fingerprint density at radius 1 is 1.53 bits per heavy atom. The summed E-state index contributed by atoms with van der Waals surface area (Å²) in [6.45, 7) is 5.68. The van der Waals surface area contributed by atoms with Crippen LogP contribution in [0.2, 0.25) is 0 Å². The smallest absolute Gasteiger partial charge is 0.173 e. The summed E-state index contributed by atoms with van der Waals surface area (Å²) in [5, 5.41) is 4.89. The van der Waals surface area contributed by atoms with E-state index in [9.17, 15) is 8.42 Å². The Kier molecular flexibility index (Phi) is 4.10. The lowest BCUT2D eigenvalue weighted by molar-refractivity contribution is 0.453. The molecule has 0 aliphatic carbocycles. The Morgan fingerprint density at radius 2 is 2.13 bits per heavy atom. The quantitative estimate of drug-likeness (QED) is 0.738. The van der Waals surface area contributed by atoms with Gasteiger partial charge < -0.3 is 10.2 Å². The van der Waals surface area contributed by atoms with Crippen molar-refractivity contribution < 1.29 is 8.42 Å². The molecule has 1 aliphatic heterocycles. The molecule has 0 aromatic heterocycles. The fraction of sp³-hybridized carbons (Fsp3) is 0.667. The number of nitrogens with one attached hydrogen (secondary N) is 1. The monoisotopic (exact) mass is 248 g/mol. The fourth-order valence-corrected chi connectivity index (χ4v) is 3.07. The van der Waals surface area contributed by atoms with Crippen molar-refractivity contribution in [2.24, 2.45) is 0 Å². The molecule has 1 aliphatic rings. The van der Waals surface area contributed by atoms with Gasteiger partial charge >= 0.3 is 0 Å². The van der Waals surface area contributed by atoms with E-state index in [-0.39, 0.29) is 11.8 Å². The lowest BCUT2D eigenvalue weighted by Gasteiger charge is -2.24. The molecule has 4 nitrogen and oxygen atoms in total. The van der Waals surface area contributed by atoms with Crippen molar-refractivity contribution in [1.29, 1.82) is 0 Å². The van der Waals surface area contributed by atoms with Crippen molar-refractivity contribution in [2.75, 3.05) is 18.8 Å². The minimum atomic E-state index is -3.00. The summed E-state index contributed by atoms with van der Waals surface area (Å²) in [6.07, 6.45) is 1.64. The first-order valence-corrected chi connectivity index (χ1v) is 7.07. The number of rotatable bonds is 3. The van der Waals surface area contributed by atoms with Crippen LogP contribution in [0.1, 0.15) is 13.8 Å². The molecule has 1 atom stereocenters. The first kappa shape index (κ1) is 12.4. The Balaban J connectivity index is 2.51. The SMILES string of the molecule is CCN(CC)C(=S)N[C@H]1C=CS(=O)(=O)C1. The van der Waals surface area contributed by atoms with Gasteiger partial charge in [0.1, 0.15) is 0 Å². The largest absolute Gasteiger partial charge is 0.355 e. The average molecular weight is 248 g/mol. The molecule has 15 heavy (non-hydrogen) atoms. The third-order valence-electron chi connectivity index (χ3n) is 2.29. The molecule has 6 heteroatoms. The zero-order valence-electron chi connectivity index (χ0n) is 8.93. The molecule has 0 spiro atoms. The number of hydrogen-bond donors (Lipinski definition) is 1. The van der Waals surface area contributed by atoms with Gasteiger partial charge in [0, 0.05) is 18.5 Å². The number of sulfone groups is 1. The molecule has 1 N–H and O–H groups in total. The highest BCUT2D eigenvalue weighted by Crippen LogP contribution is 2.08. The highest BCUT2D eigenvalue weighted by atomic mass is 32.2. The van der Waals surface area contributed by atoms with Crippen LogP contribution in [0.3, 0.4) is 0 Å². The molecule has 0 unspecified atom stereocenters. The molecule has 86 valence electrons. The summed E-state index contributed by atoms with van der Waals surface area (Å²) in [4.78, 5) is 1.98. The Hall–Kier alpha value is -0.620. The van der Waals surface area contributed by atoms with E-state index >= 15 is 0 Å². The van der Waals surface area contributed by atoms with Crippen molar-refractivity contribution in [1.82, 2.24) is 10.2 Å². The van der Waals surface area contributed by atoms with E-state index in [1.807, 2.05) is 18.7 Å². The first-order valence-electron chi connectivity index (χ1n) is 4.95. The van der Waals surface area contributed by atoms with Gasteiger partial charge in [-0.3, -0.25) is 0 Å². The fourth-order valence-electron chi connectivity index (χ4n) is 1.43. The molecule has 0 aromatic carbocycles. The highest BCUT2D eigenvalue weighted by Gasteiger charge is 2.22. The maximum absolute atomic E-state index is 11.1. The lowest BCUT2D eigenvalue weighted by atomic mass is 10.3. The molecule has 0 fully saturated rings. The Bertz CT molecular complexity index is 358. The topological polar surface area (TPSA) is 49.4 Å². The van der Waals surface area contributed by atoms with Gasteiger partial charge in [-0.2, -0.15) is 0 Å². The van der Waals surface area contributed by atoms with E-state index < -0.39 is 9.84 Å². The van der Waals surface area contributed by atoms with Crippen LogP contribution in [-0.4, -0.2) is 43.3 Å². The van der Waals surface area contributed by atoms with Crippen molar-refractivity contribution in [2.45, 2.75) is 19.9 Å². The summed E-state index contributed by atoms with van der Waals surface area (Å²) in [5.41, 5.74) is 0. The van der Waals surface area contributed by atoms with Crippen molar-refractivity contribution in [3.8, 4) is 0 Å². The van der Waals surface area contributed by atoms with Gasteiger partial charge in [-0.1, -0.05) is 0 Å². The second kappa shape index (κ2) is 4.94. The normalized spacial score (nSPS) is 22.7. The molecule has 1 rings (SSSR count). The maximum atomic E-state index is 11.1. The molecular weight excluding hydrogens is 232 g/mol. The van der Waals surface area contributed by atoms with E-state index in [4.69, 9.17) is 12.2 Å². The zero-order chi connectivity index (χ0) is 11.5. The van der Waals surface area contributed by atoms with E-state index in [1.54, 1.807) is 6.08 Å². The summed E-state index contributed by atoms with van der Waals surface area (Å²) in [6, 6.07) is -0.178. The van der Waals surface area contributed by atoms with Crippen molar-refractivity contribution in [3.05, 3.63) is 11.5 Å². The van der Waals surface area contributed by atoms with Crippen LogP contribution in [-0.2, 0) is 9.84 Å². The van der Waals surface area contributed by atoms with E-state index in [0.29, 0.717) is 5.11 Å². The molecule has 0 saturated carbocycles. The maximum Gasteiger partial charge on any atom is 0.173 e. The summed E-state index contributed by atoms with van der Waals surface area (Å²) >= 11 is 5.17. The first-order chi connectivity index (χ1) is 6.98. The number of thiocarbonyl (C=S) groups is 1. The second-order valence-electron chi connectivity index (χ2n) is 3.39. The van der Waals surface area contributed by atoms with Crippen LogP contribution in [0, 0.1) is 0 Å². The Morgan fingerprint density at radius 3 is 2.53 bits per heavy atom. The van der Waals surface area contributed by atoms with Crippen LogP contribution in [0.15, 0.2) is 11.5 Å². The van der Waals surface area contributed by atoms with Gasteiger partial charge in [-0.25, -0.2) is 8.42 Å². The molecule has 0 saturated heterocycles. The van der Waals surface area contributed by atoms with Crippen LogP contribution < -0.4 is 5.32 Å². The lowest BCUT2D eigenvalue weighted by Crippen LogP contribution is -2.44. The van der Waals surface area contributed by atoms with E-state index in [2.05, 4.69) is 5.32 Å². The summed E-state index contributed by atoms with van der Waals surface area (Å²) in [7, 11) is -3.00. The van der Waals surface area contributed by atoms with Crippen LogP contribution in [0.5, 0.6) is 0 Å². The standard InChI is InChI=1S/C9H16N2O2S2/c1-3-11(4-2)9(14)10-8-5-6-15(12,13)7-8/h5-6,8H,3-4,7H2,1-2H3,(H,10,14)/t8-/m0/s1. The molecule has 0 amide bonds. The van der Waals surface area contributed by atoms with E-state index in [1.165, 1.54) is 5.41 Å². The summed E-state index contributed by atoms with van der Waals surface area (Å²) < 4.78 is 22.3. The van der Waals surface area contributed by atoms with E-state index in [0.717, 1.165) is 13.1 Å². The third kappa shape index (κ3) is 3.46. The highest BCUT2D eigenvalue weighted by molar-refractivity contribution is 7.94. The molecule has 0 bridgehead atoms. The number of hydrogen-bond acceptors (Lipinski definition) is 3. The average Bonchev–Trinajstić information content (AvgIpc) is 2.47. The minimum absolute atomic E-state index is 0.106. The van der Waals surface area contributed by atoms with Crippen molar-refractivity contribution >= 4 is 27.2 Å². The minimum Gasteiger partial charge on any atom is -0.355 e. The number of nitrogens with zero attached hydrogens (tertiary/aromatic N) is 1. The van der Waals surface area contributed by atoms with Gasteiger partial charge in [0.2, 0.25) is 0 Å². The summed E-state index contributed by atoms with van der Waals surface area (Å²) in [5.74, 6) is 0.106. The third-order valence-corrected chi connectivity index (χ3v) is 4.06. The molecule has 1 heterocycles. The van der Waals surface area contributed by atoms with Crippen LogP contribution >= 0.6 is 12.2 Å². The van der Waals surface area contributed by atoms with Crippen LogP contribution in [0.4, 0.5) is 0 Å². The molecule has 0 aromatic rings. The van der Waals surface area contributed by atoms with Gasteiger partial charge in [0.25, 0.3) is 0 Å². The van der Waals surface area contributed by atoms with Crippen LogP contribution in [0.25, 0.3) is 0 Å². The predicted molar refractivity (Wildman–Crippen MR) is 65.4 cm³/mol.